The number of hydrogen-bond acceptors (Lipinski definition) is 2. The maximum Gasteiger partial charge on any atom is 0.129 e. The zero-order valence-electron chi connectivity index (χ0n) is 10.0. The smallest absolute Gasteiger partial charge is 0.129 e. The molecule has 0 aromatic heterocycles. The summed E-state index contributed by atoms with van der Waals surface area (Å²) in [6, 6.07) is 0. The van der Waals surface area contributed by atoms with Crippen molar-refractivity contribution in [3.63, 3.8) is 0 Å². The molecule has 0 radical (unpaired) electrons. The molecule has 1 saturated heterocycles. The highest BCUT2D eigenvalue weighted by Crippen LogP contribution is 2.19. The molecular formula is C14H19NO. The Morgan fingerprint density at radius 2 is 1.88 bits per heavy atom. The van der Waals surface area contributed by atoms with Crippen LogP contribution >= 0.6 is 0 Å². The number of hydrogen-bond donors (Lipinski definition) is 0. The number of carbonyl (C=O) groups excluding carboxylic acids is 1. The van der Waals surface area contributed by atoms with E-state index in [-0.39, 0.29) is 5.78 Å². The van der Waals surface area contributed by atoms with Crippen LogP contribution in [0.5, 0.6) is 0 Å². The van der Waals surface area contributed by atoms with Crippen LogP contribution in [0.25, 0.3) is 0 Å². The number of piperidine rings is 1. The summed E-state index contributed by atoms with van der Waals surface area (Å²) in [5, 5.41) is 0. The van der Waals surface area contributed by atoms with Gasteiger partial charge in [-0.15, -0.1) is 11.5 Å². The first-order valence-electron chi connectivity index (χ1n) is 5.63. The van der Waals surface area contributed by atoms with Crippen LogP contribution in [-0.2, 0) is 4.79 Å². The fourth-order valence-corrected chi connectivity index (χ4v) is 1.91. The highest BCUT2D eigenvalue weighted by molar-refractivity contribution is 5.75. The van der Waals surface area contributed by atoms with Crippen molar-refractivity contribution < 1.29 is 4.79 Å². The van der Waals surface area contributed by atoms with Gasteiger partial charge in [-0.3, -0.25) is 4.90 Å². The molecule has 0 saturated carbocycles. The maximum atomic E-state index is 10.9. The first kappa shape index (κ1) is 12.7. The molecule has 0 aliphatic carbocycles. The standard InChI is InChI=1S/C14H19NO/c1-4-13-9-14(5-2)11-15(10-13)8-6-7-12(3)16/h1-2,6-11H2,3H3. The molecule has 0 aromatic carbocycles. The lowest BCUT2D eigenvalue weighted by Crippen LogP contribution is -2.33. The van der Waals surface area contributed by atoms with Crippen molar-refractivity contribution in [1.29, 1.82) is 0 Å². The van der Waals surface area contributed by atoms with Crippen LogP contribution in [0.1, 0.15) is 26.2 Å². The van der Waals surface area contributed by atoms with Crippen LogP contribution in [-0.4, -0.2) is 30.3 Å². The number of ketones is 1. The van der Waals surface area contributed by atoms with Gasteiger partial charge in [0.15, 0.2) is 0 Å². The second-order valence-electron chi connectivity index (χ2n) is 4.25. The van der Waals surface area contributed by atoms with E-state index in [4.69, 9.17) is 0 Å². The largest absolute Gasteiger partial charge is 0.300 e. The Bertz CT molecular complexity index is 342. The van der Waals surface area contributed by atoms with Crippen LogP contribution in [0.3, 0.4) is 0 Å². The van der Waals surface area contributed by atoms with Gasteiger partial charge in [-0.1, -0.05) is 13.2 Å². The van der Waals surface area contributed by atoms with Gasteiger partial charge in [-0.2, -0.15) is 0 Å². The van der Waals surface area contributed by atoms with E-state index in [9.17, 15) is 4.79 Å². The Labute approximate surface area is 97.6 Å². The lowest BCUT2D eigenvalue weighted by atomic mass is 10.0. The summed E-state index contributed by atoms with van der Waals surface area (Å²) in [6.07, 6.45) is 2.48. The molecule has 0 N–H and O–H groups in total. The Morgan fingerprint density at radius 1 is 1.31 bits per heavy atom. The topological polar surface area (TPSA) is 20.3 Å². The molecule has 0 aromatic rings. The monoisotopic (exact) mass is 217 g/mol. The molecule has 0 atom stereocenters. The highest BCUT2D eigenvalue weighted by Gasteiger charge is 2.17. The Balaban J connectivity index is 2.50. The van der Waals surface area contributed by atoms with Gasteiger partial charge in [-0.05, 0) is 31.0 Å². The Morgan fingerprint density at radius 3 is 2.31 bits per heavy atom. The lowest BCUT2D eigenvalue weighted by Gasteiger charge is -2.28. The van der Waals surface area contributed by atoms with E-state index in [1.165, 1.54) is 11.1 Å². The fourth-order valence-electron chi connectivity index (χ4n) is 1.91. The van der Waals surface area contributed by atoms with Crippen molar-refractivity contribution in [2.75, 3.05) is 19.6 Å². The van der Waals surface area contributed by atoms with Crippen LogP contribution in [0.2, 0.25) is 0 Å². The molecular weight excluding hydrogens is 198 g/mol. The van der Waals surface area contributed by atoms with Gasteiger partial charge in [0.25, 0.3) is 0 Å². The Hall–Kier alpha value is -1.33. The number of carbonyl (C=O) groups is 1. The first-order chi connectivity index (χ1) is 7.65. The summed E-state index contributed by atoms with van der Waals surface area (Å²) in [5.74, 6) is 0.260. The SMILES string of the molecule is C=C=C1CC(=C=C)CN(CCCC(C)=O)C1. The quantitative estimate of drug-likeness (QED) is 0.674. The predicted octanol–water partition coefficient (Wildman–Crippen LogP) is 2.48. The van der Waals surface area contributed by atoms with E-state index >= 15 is 0 Å². The first-order valence-corrected chi connectivity index (χ1v) is 5.63. The predicted molar refractivity (Wildman–Crippen MR) is 66.3 cm³/mol. The molecule has 1 rings (SSSR count). The average Bonchev–Trinajstić information content (AvgIpc) is 2.28. The summed E-state index contributed by atoms with van der Waals surface area (Å²) in [7, 11) is 0. The van der Waals surface area contributed by atoms with Crippen LogP contribution in [0.4, 0.5) is 0 Å². The van der Waals surface area contributed by atoms with Crippen molar-refractivity contribution in [1.82, 2.24) is 4.90 Å². The van der Waals surface area contributed by atoms with E-state index in [1.807, 2.05) is 0 Å². The van der Waals surface area contributed by atoms with E-state index in [2.05, 4.69) is 29.5 Å². The molecule has 2 heteroatoms. The van der Waals surface area contributed by atoms with E-state index in [0.717, 1.165) is 32.5 Å². The molecule has 0 amide bonds. The van der Waals surface area contributed by atoms with E-state index in [0.29, 0.717) is 6.42 Å². The van der Waals surface area contributed by atoms with Crippen LogP contribution in [0, 0.1) is 0 Å². The lowest BCUT2D eigenvalue weighted by molar-refractivity contribution is -0.117. The minimum Gasteiger partial charge on any atom is -0.300 e. The maximum absolute atomic E-state index is 10.9. The summed E-state index contributed by atoms with van der Waals surface area (Å²) >= 11 is 0. The molecule has 1 aliphatic rings. The molecule has 0 unspecified atom stereocenters. The normalized spacial score (nSPS) is 16.8. The number of rotatable bonds is 4. The van der Waals surface area contributed by atoms with Crippen molar-refractivity contribution in [2.24, 2.45) is 0 Å². The van der Waals surface area contributed by atoms with Gasteiger partial charge in [0.05, 0.1) is 0 Å². The second kappa shape index (κ2) is 6.30. The van der Waals surface area contributed by atoms with E-state index < -0.39 is 0 Å². The third kappa shape index (κ3) is 4.04. The third-order valence-corrected chi connectivity index (χ3v) is 2.76. The average molecular weight is 217 g/mol. The number of likely N-dealkylation sites (tertiary alicyclic amines) is 1. The van der Waals surface area contributed by atoms with Crippen molar-refractivity contribution >= 4 is 5.78 Å². The van der Waals surface area contributed by atoms with E-state index in [1.54, 1.807) is 6.92 Å². The zero-order valence-corrected chi connectivity index (χ0v) is 10.0. The highest BCUT2D eigenvalue weighted by atomic mass is 16.1. The van der Waals surface area contributed by atoms with Gasteiger partial charge < -0.3 is 4.79 Å². The van der Waals surface area contributed by atoms with Crippen molar-refractivity contribution in [3.05, 3.63) is 35.8 Å². The summed E-state index contributed by atoms with van der Waals surface area (Å²) < 4.78 is 0. The number of Topliss-reactive ketones (excluding diaryl/α,β-unsaturated/α-hetero) is 1. The molecule has 86 valence electrons. The summed E-state index contributed by atoms with van der Waals surface area (Å²) in [4.78, 5) is 13.2. The molecule has 0 spiro atoms. The molecule has 1 aliphatic heterocycles. The van der Waals surface area contributed by atoms with Gasteiger partial charge >= 0.3 is 0 Å². The van der Waals surface area contributed by atoms with Crippen LogP contribution < -0.4 is 0 Å². The molecule has 0 bridgehead atoms. The van der Waals surface area contributed by atoms with Gasteiger partial charge in [0.2, 0.25) is 0 Å². The van der Waals surface area contributed by atoms with Crippen LogP contribution in [0.15, 0.2) is 35.8 Å². The second-order valence-corrected chi connectivity index (χ2v) is 4.25. The van der Waals surface area contributed by atoms with Gasteiger partial charge in [-0.25, -0.2) is 0 Å². The van der Waals surface area contributed by atoms with Crippen molar-refractivity contribution in [2.45, 2.75) is 26.2 Å². The fraction of sp³-hybridized carbons (Fsp3) is 0.500. The molecule has 2 nitrogen and oxygen atoms in total. The molecule has 1 heterocycles. The molecule has 16 heavy (non-hydrogen) atoms. The zero-order chi connectivity index (χ0) is 12.0. The summed E-state index contributed by atoms with van der Waals surface area (Å²) in [6.45, 7) is 11.8. The van der Waals surface area contributed by atoms with Gasteiger partial charge in [0, 0.05) is 25.9 Å². The minimum absolute atomic E-state index is 0.260. The Kier molecular flexibility index (Phi) is 5.01. The van der Waals surface area contributed by atoms with Gasteiger partial charge in [0.1, 0.15) is 5.78 Å². The molecule has 1 fully saturated rings. The summed E-state index contributed by atoms with van der Waals surface area (Å²) in [5.41, 5.74) is 8.32. The van der Waals surface area contributed by atoms with Crippen molar-refractivity contribution in [3.8, 4) is 0 Å². The third-order valence-electron chi connectivity index (χ3n) is 2.76. The number of nitrogens with zero attached hydrogens (tertiary/aromatic N) is 1. The minimum atomic E-state index is 0.260.